The van der Waals surface area contributed by atoms with Crippen molar-refractivity contribution in [1.29, 1.82) is 0 Å². The van der Waals surface area contributed by atoms with Gasteiger partial charge < -0.3 is 5.32 Å². The van der Waals surface area contributed by atoms with E-state index in [0.29, 0.717) is 11.4 Å². The van der Waals surface area contributed by atoms with Crippen molar-refractivity contribution in [1.82, 2.24) is 9.78 Å². The molecule has 0 saturated heterocycles. The molecule has 0 spiro atoms. The van der Waals surface area contributed by atoms with Crippen LogP contribution < -0.4 is 5.32 Å². The molecule has 0 aliphatic carbocycles. The summed E-state index contributed by atoms with van der Waals surface area (Å²) in [5.74, 6) is -0.0412. The first-order valence-electron chi connectivity index (χ1n) is 8.53. The van der Waals surface area contributed by atoms with Gasteiger partial charge in [0.25, 0.3) is 0 Å². The summed E-state index contributed by atoms with van der Waals surface area (Å²) >= 11 is 5.96. The number of aryl methyl sites for hydroxylation is 3. The number of hydrogen-bond acceptors (Lipinski definition) is 2. The predicted molar refractivity (Wildman–Crippen MR) is 106 cm³/mol. The number of rotatable bonds is 4. The molecule has 0 aliphatic heterocycles. The van der Waals surface area contributed by atoms with Crippen LogP contribution in [0.25, 0.3) is 5.69 Å². The summed E-state index contributed by atoms with van der Waals surface area (Å²) in [4.78, 5) is 12.6. The van der Waals surface area contributed by atoms with Gasteiger partial charge >= 0.3 is 0 Å². The molecule has 2 aromatic carbocycles. The van der Waals surface area contributed by atoms with Crippen molar-refractivity contribution >= 4 is 23.2 Å². The van der Waals surface area contributed by atoms with Gasteiger partial charge in [0.2, 0.25) is 5.91 Å². The normalized spacial score (nSPS) is 10.8. The lowest BCUT2D eigenvalue weighted by atomic mass is 10.1. The molecule has 4 nitrogen and oxygen atoms in total. The van der Waals surface area contributed by atoms with E-state index in [-0.39, 0.29) is 5.91 Å². The van der Waals surface area contributed by atoms with Crippen LogP contribution >= 0.6 is 11.6 Å². The topological polar surface area (TPSA) is 46.9 Å². The van der Waals surface area contributed by atoms with Crippen molar-refractivity contribution in [3.05, 3.63) is 75.6 Å². The van der Waals surface area contributed by atoms with Gasteiger partial charge in [-0.2, -0.15) is 5.10 Å². The molecule has 26 heavy (non-hydrogen) atoms. The fraction of sp³-hybridized carbons (Fsp3) is 0.238. The summed E-state index contributed by atoms with van der Waals surface area (Å²) in [7, 11) is 0. The average molecular weight is 368 g/mol. The van der Waals surface area contributed by atoms with Gasteiger partial charge in [-0.15, -0.1) is 0 Å². The zero-order valence-corrected chi connectivity index (χ0v) is 16.2. The molecular weight excluding hydrogens is 346 g/mol. The van der Waals surface area contributed by atoms with Gasteiger partial charge in [0.05, 0.1) is 17.8 Å². The van der Waals surface area contributed by atoms with E-state index >= 15 is 0 Å². The maximum Gasteiger partial charge on any atom is 0.228 e. The second-order valence-corrected chi connectivity index (χ2v) is 7.02. The molecule has 0 bridgehead atoms. The molecule has 1 N–H and O–H groups in total. The van der Waals surface area contributed by atoms with Gasteiger partial charge in [-0.1, -0.05) is 23.7 Å². The number of halogens is 1. The summed E-state index contributed by atoms with van der Waals surface area (Å²) in [5, 5.41) is 8.30. The summed E-state index contributed by atoms with van der Waals surface area (Å²) in [6, 6.07) is 13.5. The molecule has 3 rings (SSSR count). The van der Waals surface area contributed by atoms with E-state index in [4.69, 9.17) is 11.6 Å². The molecule has 0 saturated carbocycles. The SMILES string of the molecule is Cc1ccc(C)c(NC(=O)Cc2c(C)nn(-c3ccc(Cl)cc3)c2C)c1. The Morgan fingerprint density at radius 1 is 1.08 bits per heavy atom. The number of anilines is 1. The van der Waals surface area contributed by atoms with Crippen molar-refractivity contribution in [3.8, 4) is 5.69 Å². The van der Waals surface area contributed by atoms with Gasteiger partial charge in [-0.3, -0.25) is 4.79 Å². The first-order valence-corrected chi connectivity index (χ1v) is 8.91. The Bertz CT molecular complexity index is 958. The number of carbonyl (C=O) groups excluding carboxylic acids is 1. The Kier molecular flexibility index (Phi) is 5.14. The van der Waals surface area contributed by atoms with Crippen LogP contribution in [0.15, 0.2) is 42.5 Å². The Balaban J connectivity index is 1.82. The molecule has 1 heterocycles. The van der Waals surface area contributed by atoms with Crippen LogP contribution in [0.5, 0.6) is 0 Å². The second kappa shape index (κ2) is 7.34. The van der Waals surface area contributed by atoms with E-state index in [2.05, 4.69) is 10.4 Å². The highest BCUT2D eigenvalue weighted by Gasteiger charge is 2.16. The highest BCUT2D eigenvalue weighted by Crippen LogP contribution is 2.21. The lowest BCUT2D eigenvalue weighted by Gasteiger charge is -2.10. The number of nitrogens with one attached hydrogen (secondary N) is 1. The van der Waals surface area contributed by atoms with E-state index in [1.165, 1.54) is 0 Å². The first kappa shape index (κ1) is 18.2. The van der Waals surface area contributed by atoms with Crippen LogP contribution in [0.4, 0.5) is 5.69 Å². The lowest BCUT2D eigenvalue weighted by Crippen LogP contribution is -2.16. The summed E-state index contributed by atoms with van der Waals surface area (Å²) in [5.41, 5.74) is 6.71. The van der Waals surface area contributed by atoms with Gasteiger partial charge in [0.15, 0.2) is 0 Å². The van der Waals surface area contributed by atoms with E-state index in [1.54, 1.807) is 0 Å². The summed E-state index contributed by atoms with van der Waals surface area (Å²) in [6.07, 6.45) is 0.290. The minimum absolute atomic E-state index is 0.0412. The number of benzene rings is 2. The van der Waals surface area contributed by atoms with E-state index < -0.39 is 0 Å². The molecule has 134 valence electrons. The molecule has 0 fully saturated rings. The number of aromatic nitrogens is 2. The second-order valence-electron chi connectivity index (χ2n) is 6.58. The molecule has 1 aromatic heterocycles. The standard InChI is InChI=1S/C21H22ClN3O/c1-13-5-6-14(2)20(11-13)23-21(26)12-19-15(3)24-25(16(19)4)18-9-7-17(22)8-10-18/h5-11H,12H2,1-4H3,(H,23,26). The summed E-state index contributed by atoms with van der Waals surface area (Å²) in [6.45, 7) is 7.92. The van der Waals surface area contributed by atoms with Crippen LogP contribution in [0.3, 0.4) is 0 Å². The fourth-order valence-corrected chi connectivity index (χ4v) is 3.12. The van der Waals surface area contributed by atoms with E-state index in [1.807, 2.05) is 74.8 Å². The molecular formula is C21H22ClN3O. The zero-order valence-electron chi connectivity index (χ0n) is 15.4. The maximum absolute atomic E-state index is 12.6. The number of hydrogen-bond donors (Lipinski definition) is 1. The molecule has 3 aromatic rings. The molecule has 1 amide bonds. The van der Waals surface area contributed by atoms with Crippen LogP contribution in [-0.4, -0.2) is 15.7 Å². The monoisotopic (exact) mass is 367 g/mol. The molecule has 5 heteroatoms. The van der Waals surface area contributed by atoms with Crippen LogP contribution in [0.1, 0.15) is 28.1 Å². The predicted octanol–water partition coefficient (Wildman–Crippen LogP) is 4.94. The third kappa shape index (κ3) is 3.81. The molecule has 0 aliphatic rings. The quantitative estimate of drug-likeness (QED) is 0.709. The number of carbonyl (C=O) groups is 1. The maximum atomic E-state index is 12.6. The van der Waals surface area contributed by atoms with Crippen molar-refractivity contribution in [2.45, 2.75) is 34.1 Å². The van der Waals surface area contributed by atoms with Gasteiger partial charge in [-0.25, -0.2) is 4.68 Å². The minimum atomic E-state index is -0.0412. The van der Waals surface area contributed by atoms with Crippen LogP contribution in [0.2, 0.25) is 5.02 Å². The van der Waals surface area contributed by atoms with Crippen LogP contribution in [0, 0.1) is 27.7 Å². The Morgan fingerprint density at radius 3 is 2.46 bits per heavy atom. The van der Waals surface area contributed by atoms with Crippen molar-refractivity contribution in [2.75, 3.05) is 5.32 Å². The van der Waals surface area contributed by atoms with E-state index in [0.717, 1.165) is 39.5 Å². The summed E-state index contributed by atoms with van der Waals surface area (Å²) < 4.78 is 1.85. The van der Waals surface area contributed by atoms with Gasteiger partial charge in [-0.05, 0) is 69.2 Å². The molecule has 0 unspecified atom stereocenters. The molecule has 0 atom stereocenters. The number of nitrogens with zero attached hydrogens (tertiary/aromatic N) is 2. The molecule has 0 radical (unpaired) electrons. The Hall–Kier alpha value is -2.59. The van der Waals surface area contributed by atoms with Crippen LogP contribution in [-0.2, 0) is 11.2 Å². The minimum Gasteiger partial charge on any atom is -0.326 e. The first-order chi connectivity index (χ1) is 12.3. The van der Waals surface area contributed by atoms with Crippen molar-refractivity contribution < 1.29 is 4.79 Å². The highest BCUT2D eigenvalue weighted by atomic mass is 35.5. The van der Waals surface area contributed by atoms with Gasteiger partial charge in [0.1, 0.15) is 0 Å². The number of amides is 1. The third-order valence-electron chi connectivity index (χ3n) is 4.52. The fourth-order valence-electron chi connectivity index (χ4n) is 2.99. The average Bonchev–Trinajstić information content (AvgIpc) is 2.87. The third-order valence-corrected chi connectivity index (χ3v) is 4.77. The van der Waals surface area contributed by atoms with Crippen molar-refractivity contribution in [3.63, 3.8) is 0 Å². The lowest BCUT2D eigenvalue weighted by molar-refractivity contribution is -0.115. The van der Waals surface area contributed by atoms with E-state index in [9.17, 15) is 4.79 Å². The largest absolute Gasteiger partial charge is 0.326 e. The Labute approximate surface area is 158 Å². The Morgan fingerprint density at radius 2 is 1.77 bits per heavy atom. The highest BCUT2D eigenvalue weighted by molar-refractivity contribution is 6.30. The van der Waals surface area contributed by atoms with Crippen molar-refractivity contribution in [2.24, 2.45) is 0 Å². The van der Waals surface area contributed by atoms with Gasteiger partial charge in [0, 0.05) is 22.0 Å². The zero-order chi connectivity index (χ0) is 18.8. The smallest absolute Gasteiger partial charge is 0.228 e.